The van der Waals surface area contributed by atoms with Crippen LogP contribution in [0, 0.1) is 5.92 Å². The molecule has 0 radical (unpaired) electrons. The van der Waals surface area contributed by atoms with Gasteiger partial charge in [0.25, 0.3) is 0 Å². The molecule has 0 bridgehead atoms. The zero-order valence-electron chi connectivity index (χ0n) is 11.4. The molecule has 0 aliphatic carbocycles. The summed E-state index contributed by atoms with van der Waals surface area (Å²) < 4.78 is 0. The first-order chi connectivity index (χ1) is 6.76. The SMILES string of the molecule is CSC(C)C(C)(C)N1CCC1(C)C(C)C. The fourth-order valence-electron chi connectivity index (χ4n) is 2.63. The summed E-state index contributed by atoms with van der Waals surface area (Å²) in [4.78, 5) is 2.71. The molecule has 0 amide bonds. The lowest BCUT2D eigenvalue weighted by atomic mass is 9.73. The molecule has 1 rings (SSSR count). The van der Waals surface area contributed by atoms with Gasteiger partial charge in [-0.05, 0) is 39.4 Å². The van der Waals surface area contributed by atoms with E-state index in [1.807, 2.05) is 11.8 Å². The molecule has 0 aromatic rings. The Morgan fingerprint density at radius 1 is 1.27 bits per heavy atom. The molecule has 0 spiro atoms. The van der Waals surface area contributed by atoms with Gasteiger partial charge in [0.15, 0.2) is 0 Å². The fraction of sp³-hybridized carbons (Fsp3) is 1.00. The summed E-state index contributed by atoms with van der Waals surface area (Å²) in [5.41, 5.74) is 0.740. The molecule has 1 aliphatic rings. The van der Waals surface area contributed by atoms with E-state index in [0.717, 1.165) is 5.92 Å². The van der Waals surface area contributed by atoms with Crippen molar-refractivity contribution >= 4 is 11.8 Å². The normalized spacial score (nSPS) is 30.4. The van der Waals surface area contributed by atoms with Gasteiger partial charge in [0.1, 0.15) is 0 Å². The van der Waals surface area contributed by atoms with Crippen molar-refractivity contribution < 1.29 is 0 Å². The highest BCUT2D eigenvalue weighted by atomic mass is 32.2. The highest BCUT2D eigenvalue weighted by Gasteiger charge is 2.50. The maximum absolute atomic E-state index is 2.71. The summed E-state index contributed by atoms with van der Waals surface area (Å²) in [6, 6.07) is 0. The standard InChI is InChI=1S/C13H27NS/c1-10(2)13(6)8-9-14(13)12(4,5)11(3)15-7/h10-11H,8-9H2,1-7H3. The maximum atomic E-state index is 2.71. The van der Waals surface area contributed by atoms with Gasteiger partial charge in [-0.25, -0.2) is 0 Å². The molecule has 90 valence electrons. The maximum Gasteiger partial charge on any atom is 0.0274 e. The summed E-state index contributed by atoms with van der Waals surface area (Å²) in [5, 5.41) is 0.691. The minimum absolute atomic E-state index is 0.316. The first-order valence-corrected chi connectivity index (χ1v) is 7.36. The minimum atomic E-state index is 0.316. The second-order valence-electron chi connectivity index (χ2n) is 5.95. The van der Waals surface area contributed by atoms with Gasteiger partial charge in [0.2, 0.25) is 0 Å². The first kappa shape index (κ1) is 13.4. The topological polar surface area (TPSA) is 3.24 Å². The van der Waals surface area contributed by atoms with Crippen molar-refractivity contribution in [1.82, 2.24) is 4.90 Å². The Kier molecular flexibility index (Phi) is 3.83. The zero-order valence-corrected chi connectivity index (χ0v) is 12.2. The summed E-state index contributed by atoms with van der Waals surface area (Å²) in [5.74, 6) is 0.750. The van der Waals surface area contributed by atoms with Crippen LogP contribution in [0.25, 0.3) is 0 Å². The molecule has 0 aromatic heterocycles. The predicted molar refractivity (Wildman–Crippen MR) is 71.6 cm³/mol. The van der Waals surface area contributed by atoms with Crippen molar-refractivity contribution in [1.29, 1.82) is 0 Å². The number of rotatable bonds is 4. The van der Waals surface area contributed by atoms with Crippen LogP contribution in [0.15, 0.2) is 0 Å². The van der Waals surface area contributed by atoms with E-state index in [0.29, 0.717) is 16.3 Å². The summed E-state index contributed by atoms with van der Waals surface area (Å²) in [6.45, 7) is 15.5. The van der Waals surface area contributed by atoms with E-state index in [1.165, 1.54) is 13.0 Å². The highest BCUT2D eigenvalue weighted by molar-refractivity contribution is 7.99. The third-order valence-electron chi connectivity index (χ3n) is 4.75. The number of thioether (sulfide) groups is 1. The summed E-state index contributed by atoms with van der Waals surface area (Å²) in [7, 11) is 0. The van der Waals surface area contributed by atoms with Crippen LogP contribution < -0.4 is 0 Å². The predicted octanol–water partition coefficient (Wildman–Crippen LogP) is 3.64. The van der Waals surface area contributed by atoms with E-state index in [4.69, 9.17) is 0 Å². The van der Waals surface area contributed by atoms with Gasteiger partial charge in [0.05, 0.1) is 0 Å². The minimum Gasteiger partial charge on any atom is -0.291 e. The molecule has 1 nitrogen and oxygen atoms in total. The molecule has 1 heterocycles. The molecule has 1 aliphatic heterocycles. The van der Waals surface area contributed by atoms with Gasteiger partial charge in [-0.3, -0.25) is 4.90 Å². The third-order valence-corrected chi connectivity index (χ3v) is 6.03. The molecule has 2 heteroatoms. The van der Waals surface area contributed by atoms with Crippen molar-refractivity contribution in [2.75, 3.05) is 12.8 Å². The number of nitrogens with zero attached hydrogens (tertiary/aromatic N) is 1. The first-order valence-electron chi connectivity index (χ1n) is 6.07. The number of likely N-dealkylation sites (tertiary alicyclic amines) is 1. The largest absolute Gasteiger partial charge is 0.291 e. The lowest BCUT2D eigenvalue weighted by molar-refractivity contribution is -0.101. The van der Waals surface area contributed by atoms with Crippen molar-refractivity contribution in [3.8, 4) is 0 Å². The van der Waals surface area contributed by atoms with Gasteiger partial charge < -0.3 is 0 Å². The molecule has 1 saturated heterocycles. The van der Waals surface area contributed by atoms with Crippen molar-refractivity contribution in [3.63, 3.8) is 0 Å². The van der Waals surface area contributed by atoms with E-state index < -0.39 is 0 Å². The van der Waals surface area contributed by atoms with E-state index >= 15 is 0 Å². The average Bonchev–Trinajstić information content (AvgIpc) is 2.12. The van der Waals surface area contributed by atoms with Crippen LogP contribution in [0.4, 0.5) is 0 Å². The summed E-state index contributed by atoms with van der Waals surface area (Å²) in [6.07, 6.45) is 3.58. The van der Waals surface area contributed by atoms with E-state index in [1.54, 1.807) is 0 Å². The number of hydrogen-bond acceptors (Lipinski definition) is 2. The average molecular weight is 229 g/mol. The highest BCUT2D eigenvalue weighted by Crippen LogP contribution is 2.44. The lowest BCUT2D eigenvalue weighted by Crippen LogP contribution is -2.70. The van der Waals surface area contributed by atoms with Gasteiger partial charge in [-0.1, -0.05) is 20.8 Å². The molecule has 0 saturated carbocycles. The Bertz CT molecular complexity index is 225. The number of hydrogen-bond donors (Lipinski definition) is 0. The molecule has 0 aromatic carbocycles. The Hall–Kier alpha value is 0.310. The molecular weight excluding hydrogens is 202 g/mol. The van der Waals surface area contributed by atoms with Gasteiger partial charge in [0, 0.05) is 22.9 Å². The molecule has 2 unspecified atom stereocenters. The van der Waals surface area contributed by atoms with Crippen LogP contribution in [0.1, 0.15) is 48.0 Å². The van der Waals surface area contributed by atoms with Gasteiger partial charge in [-0.15, -0.1) is 0 Å². The Morgan fingerprint density at radius 3 is 2.07 bits per heavy atom. The van der Waals surface area contributed by atoms with Crippen molar-refractivity contribution in [2.45, 2.75) is 64.3 Å². The third kappa shape index (κ3) is 2.08. The smallest absolute Gasteiger partial charge is 0.0274 e. The van der Waals surface area contributed by atoms with Crippen molar-refractivity contribution in [3.05, 3.63) is 0 Å². The van der Waals surface area contributed by atoms with Crippen LogP contribution in [0.3, 0.4) is 0 Å². The van der Waals surface area contributed by atoms with Crippen LogP contribution in [0.5, 0.6) is 0 Å². The molecule has 1 fully saturated rings. The zero-order chi connectivity index (χ0) is 11.9. The Labute approximate surface area is 100.0 Å². The van der Waals surface area contributed by atoms with E-state index in [2.05, 4.69) is 52.7 Å². The lowest BCUT2D eigenvalue weighted by Gasteiger charge is -2.61. The Balaban J connectivity index is 2.81. The summed E-state index contributed by atoms with van der Waals surface area (Å²) >= 11 is 1.98. The van der Waals surface area contributed by atoms with Crippen LogP contribution in [-0.2, 0) is 0 Å². The monoisotopic (exact) mass is 229 g/mol. The second kappa shape index (κ2) is 4.29. The van der Waals surface area contributed by atoms with Crippen LogP contribution in [0.2, 0.25) is 0 Å². The van der Waals surface area contributed by atoms with Crippen LogP contribution >= 0.6 is 11.8 Å². The van der Waals surface area contributed by atoms with Crippen molar-refractivity contribution in [2.24, 2.45) is 5.92 Å². The van der Waals surface area contributed by atoms with Gasteiger partial charge >= 0.3 is 0 Å². The van der Waals surface area contributed by atoms with Gasteiger partial charge in [-0.2, -0.15) is 11.8 Å². The quantitative estimate of drug-likeness (QED) is 0.724. The van der Waals surface area contributed by atoms with E-state index in [9.17, 15) is 0 Å². The van der Waals surface area contributed by atoms with Crippen LogP contribution in [-0.4, -0.2) is 34.0 Å². The molecular formula is C13H27NS. The molecule has 15 heavy (non-hydrogen) atoms. The van der Waals surface area contributed by atoms with E-state index in [-0.39, 0.29) is 0 Å². The Morgan fingerprint density at radius 2 is 1.80 bits per heavy atom. The second-order valence-corrected chi connectivity index (χ2v) is 7.12. The fourth-order valence-corrected chi connectivity index (χ4v) is 3.34. The molecule has 0 N–H and O–H groups in total. The molecule has 2 atom stereocenters.